The van der Waals surface area contributed by atoms with Gasteiger partial charge >= 0.3 is 5.97 Å². The molecule has 0 aromatic rings. The molecule has 0 bridgehead atoms. The molecule has 7 rings (SSSR count). The van der Waals surface area contributed by atoms with E-state index in [1.54, 1.807) is 0 Å². The van der Waals surface area contributed by atoms with E-state index in [1.807, 2.05) is 6.92 Å². The van der Waals surface area contributed by atoms with Crippen LogP contribution in [0, 0.1) is 34.5 Å². The van der Waals surface area contributed by atoms with Crippen LogP contribution in [0.1, 0.15) is 58.3 Å². The van der Waals surface area contributed by atoms with Crippen molar-refractivity contribution in [1.29, 1.82) is 0 Å². The standard InChI is InChI=1S/C29H42O11/c1-26-17(14-6-24(34)37-12-14)4-5-28(26,35)18-3-2-15-7-20-21(10-27(15,13-31)19(18)9-22(26)32)40-29(36)23(33)8-16(11-30)38-25(29)39-20/h6,15-23,25,30-33,35-36H,2-5,7-13H2,1H3/t15-,16+,17+,18+,19-,20-,21-,22+,23-,25-,26-,27-,28-,29+/m0/s1. The maximum atomic E-state index is 12.5. The molecule has 0 aromatic carbocycles. The summed E-state index contributed by atoms with van der Waals surface area (Å²) in [6.45, 7) is 1.67. The number of fused-ring (bicyclic) bond motifs is 7. The zero-order chi connectivity index (χ0) is 28.2. The van der Waals surface area contributed by atoms with E-state index in [0.29, 0.717) is 32.1 Å². The number of hydrogen-bond donors (Lipinski definition) is 6. The quantitative estimate of drug-likeness (QED) is 0.196. The molecule has 0 aromatic heterocycles. The lowest BCUT2D eigenvalue weighted by molar-refractivity contribution is -0.461. The van der Waals surface area contributed by atoms with Gasteiger partial charge in [0.2, 0.25) is 12.1 Å². The summed E-state index contributed by atoms with van der Waals surface area (Å²) in [7, 11) is 0. The number of hydrogen-bond acceptors (Lipinski definition) is 11. The first kappa shape index (κ1) is 27.7. The van der Waals surface area contributed by atoms with Crippen LogP contribution in [0.2, 0.25) is 0 Å². The summed E-state index contributed by atoms with van der Waals surface area (Å²) in [4.78, 5) is 11.9. The number of cyclic esters (lactones) is 1. The number of esters is 1. The van der Waals surface area contributed by atoms with Crippen molar-refractivity contribution in [2.24, 2.45) is 34.5 Å². The van der Waals surface area contributed by atoms with E-state index in [1.165, 1.54) is 6.08 Å². The first-order chi connectivity index (χ1) is 19.0. The van der Waals surface area contributed by atoms with Crippen LogP contribution in [-0.2, 0) is 23.7 Å². The summed E-state index contributed by atoms with van der Waals surface area (Å²) in [5, 5.41) is 66.9. The predicted molar refractivity (Wildman–Crippen MR) is 135 cm³/mol. The summed E-state index contributed by atoms with van der Waals surface area (Å²) in [5.74, 6) is -2.97. The van der Waals surface area contributed by atoms with Gasteiger partial charge in [-0.05, 0) is 74.2 Å². The average molecular weight is 567 g/mol. The lowest BCUT2D eigenvalue weighted by Gasteiger charge is -2.66. The molecule has 224 valence electrons. The molecule has 14 atom stereocenters. The fourth-order valence-corrected chi connectivity index (χ4v) is 10.4. The molecule has 3 aliphatic heterocycles. The first-order valence-corrected chi connectivity index (χ1v) is 14.9. The zero-order valence-corrected chi connectivity index (χ0v) is 22.9. The Morgan fingerprint density at radius 2 is 1.77 bits per heavy atom. The highest BCUT2D eigenvalue weighted by Gasteiger charge is 2.72. The molecule has 2 saturated heterocycles. The van der Waals surface area contributed by atoms with E-state index in [-0.39, 0.29) is 55.9 Å². The number of aliphatic hydroxyl groups excluding tert-OH is 4. The molecule has 11 nitrogen and oxygen atoms in total. The highest BCUT2D eigenvalue weighted by atomic mass is 16.8. The van der Waals surface area contributed by atoms with Gasteiger partial charge in [0.1, 0.15) is 12.7 Å². The maximum absolute atomic E-state index is 12.5. The fraction of sp³-hybridized carbons (Fsp3) is 0.897. The molecule has 0 unspecified atom stereocenters. The third kappa shape index (κ3) is 3.47. The molecule has 40 heavy (non-hydrogen) atoms. The minimum atomic E-state index is -2.10. The molecular weight excluding hydrogens is 524 g/mol. The maximum Gasteiger partial charge on any atom is 0.331 e. The number of aliphatic hydroxyl groups is 6. The Balaban J connectivity index is 1.19. The normalized spacial score (nSPS) is 57.2. The predicted octanol–water partition coefficient (Wildman–Crippen LogP) is -0.263. The van der Waals surface area contributed by atoms with Crippen molar-refractivity contribution in [3.63, 3.8) is 0 Å². The second-order valence-electron chi connectivity index (χ2n) is 13.8. The molecule has 11 heteroatoms. The fourth-order valence-electron chi connectivity index (χ4n) is 10.4. The van der Waals surface area contributed by atoms with Crippen LogP contribution in [0.5, 0.6) is 0 Å². The van der Waals surface area contributed by atoms with Gasteiger partial charge in [-0.2, -0.15) is 0 Å². The molecule has 6 N–H and O–H groups in total. The molecular formula is C29H42O11. The van der Waals surface area contributed by atoms with Crippen LogP contribution in [0.4, 0.5) is 0 Å². The van der Waals surface area contributed by atoms with Crippen molar-refractivity contribution in [3.8, 4) is 0 Å². The highest BCUT2D eigenvalue weighted by Crippen LogP contribution is 2.70. The summed E-state index contributed by atoms with van der Waals surface area (Å²) in [6, 6.07) is 0. The minimum Gasteiger partial charge on any atom is -0.458 e. The Morgan fingerprint density at radius 1 is 0.975 bits per heavy atom. The van der Waals surface area contributed by atoms with E-state index in [9.17, 15) is 35.4 Å². The van der Waals surface area contributed by atoms with E-state index in [2.05, 4.69) is 0 Å². The Morgan fingerprint density at radius 3 is 2.48 bits per heavy atom. The second-order valence-corrected chi connectivity index (χ2v) is 13.8. The number of ether oxygens (including phenoxy) is 4. The van der Waals surface area contributed by atoms with Crippen LogP contribution in [0.3, 0.4) is 0 Å². The molecule has 7 aliphatic rings. The summed E-state index contributed by atoms with van der Waals surface area (Å²) < 4.78 is 23.3. The van der Waals surface area contributed by atoms with Gasteiger partial charge < -0.3 is 49.6 Å². The molecule has 4 saturated carbocycles. The first-order valence-electron chi connectivity index (χ1n) is 14.9. The third-order valence-electron chi connectivity index (χ3n) is 12.5. The molecule has 4 aliphatic carbocycles. The smallest absolute Gasteiger partial charge is 0.331 e. The van der Waals surface area contributed by atoms with Crippen molar-refractivity contribution in [2.75, 3.05) is 19.8 Å². The van der Waals surface area contributed by atoms with Crippen LogP contribution < -0.4 is 0 Å². The van der Waals surface area contributed by atoms with Gasteiger partial charge in [-0.25, -0.2) is 4.79 Å². The lowest BCUT2D eigenvalue weighted by atomic mass is 9.42. The van der Waals surface area contributed by atoms with Crippen LogP contribution in [0.15, 0.2) is 11.6 Å². The molecule has 3 heterocycles. The SMILES string of the molecule is C[C@]12[C@H](O)C[C@H]3[C@@H](CC[C@H]4C[C@@H]5O[C@@H]6O[C@@H](CO)C[C@H](O)[C@@]6(O)O[C@H]5C[C@]43CO)[C@@]1(O)CC[C@@H]2C1=CC(=O)OC1. The number of carbonyl (C=O) groups is 1. The van der Waals surface area contributed by atoms with Gasteiger partial charge in [0.05, 0.1) is 36.6 Å². The Kier molecular flexibility index (Phi) is 6.35. The Labute approximate surface area is 233 Å². The highest BCUT2D eigenvalue weighted by molar-refractivity contribution is 5.85. The molecule has 0 spiro atoms. The summed E-state index contributed by atoms with van der Waals surface area (Å²) in [5.41, 5.74) is -1.88. The van der Waals surface area contributed by atoms with E-state index in [4.69, 9.17) is 18.9 Å². The number of carbonyl (C=O) groups excluding carboxylic acids is 1. The van der Waals surface area contributed by atoms with Crippen LogP contribution in [-0.4, -0.2) is 105 Å². The van der Waals surface area contributed by atoms with Gasteiger partial charge in [0.25, 0.3) is 0 Å². The summed E-state index contributed by atoms with van der Waals surface area (Å²) >= 11 is 0. The molecule has 0 amide bonds. The average Bonchev–Trinajstić information content (AvgIpc) is 3.48. The lowest BCUT2D eigenvalue weighted by Crippen LogP contribution is -2.72. The van der Waals surface area contributed by atoms with Gasteiger partial charge in [-0.1, -0.05) is 6.92 Å². The second kappa shape index (κ2) is 9.17. The van der Waals surface area contributed by atoms with Crippen molar-refractivity contribution < 1.29 is 54.4 Å². The Bertz CT molecular complexity index is 1080. The minimum absolute atomic E-state index is 0.00520. The van der Waals surface area contributed by atoms with Crippen molar-refractivity contribution in [1.82, 2.24) is 0 Å². The Hall–Kier alpha value is -1.15. The largest absolute Gasteiger partial charge is 0.458 e. The van der Waals surface area contributed by atoms with Gasteiger partial charge in [0.15, 0.2) is 0 Å². The van der Waals surface area contributed by atoms with E-state index in [0.717, 1.165) is 18.4 Å². The van der Waals surface area contributed by atoms with E-state index >= 15 is 0 Å². The van der Waals surface area contributed by atoms with Gasteiger partial charge in [-0.3, -0.25) is 0 Å². The third-order valence-corrected chi connectivity index (χ3v) is 12.5. The number of rotatable bonds is 3. The van der Waals surface area contributed by atoms with Crippen molar-refractivity contribution >= 4 is 5.97 Å². The topological polar surface area (TPSA) is 175 Å². The van der Waals surface area contributed by atoms with Crippen molar-refractivity contribution in [3.05, 3.63) is 11.6 Å². The van der Waals surface area contributed by atoms with Crippen molar-refractivity contribution in [2.45, 2.75) is 106 Å². The van der Waals surface area contributed by atoms with Crippen LogP contribution in [0.25, 0.3) is 0 Å². The van der Waals surface area contributed by atoms with E-state index < -0.39 is 59.0 Å². The van der Waals surface area contributed by atoms with Crippen LogP contribution >= 0.6 is 0 Å². The van der Waals surface area contributed by atoms with Gasteiger partial charge in [-0.15, -0.1) is 0 Å². The molecule has 6 fully saturated rings. The molecule has 0 radical (unpaired) electrons. The monoisotopic (exact) mass is 566 g/mol. The van der Waals surface area contributed by atoms with Gasteiger partial charge in [0, 0.05) is 29.9 Å². The summed E-state index contributed by atoms with van der Waals surface area (Å²) in [6.07, 6.45) is 0.297. The zero-order valence-electron chi connectivity index (χ0n) is 22.9.